The molecule has 0 aliphatic carbocycles. The Morgan fingerprint density at radius 2 is 2.27 bits per heavy atom. The van der Waals surface area contributed by atoms with Gasteiger partial charge in [-0.2, -0.15) is 5.26 Å². The summed E-state index contributed by atoms with van der Waals surface area (Å²) in [5.41, 5.74) is 0. The second-order valence-electron chi connectivity index (χ2n) is 5.87. The molecule has 0 unspecified atom stereocenters. The van der Waals surface area contributed by atoms with Crippen molar-refractivity contribution in [2.24, 2.45) is 5.92 Å². The van der Waals surface area contributed by atoms with E-state index in [1.165, 1.54) is 12.8 Å². The molecule has 2 rings (SSSR count). The highest BCUT2D eigenvalue weighted by molar-refractivity contribution is 5.73. The molecule has 1 saturated heterocycles. The van der Waals surface area contributed by atoms with Gasteiger partial charge in [-0.1, -0.05) is 0 Å². The number of hydrogen-bond acceptors (Lipinski definition) is 4. The fourth-order valence-electron chi connectivity index (χ4n) is 2.80. The van der Waals surface area contributed by atoms with Crippen molar-refractivity contribution in [3.05, 3.63) is 24.2 Å². The SMILES string of the molecule is C[C@@H](C#N)CN(C)C(=O)NC[C@H](c1ccco1)N1CCCC1. The van der Waals surface area contributed by atoms with Crippen molar-refractivity contribution in [3.8, 4) is 6.07 Å². The van der Waals surface area contributed by atoms with E-state index in [2.05, 4.69) is 16.3 Å². The quantitative estimate of drug-likeness (QED) is 0.874. The maximum atomic E-state index is 12.1. The van der Waals surface area contributed by atoms with Crippen molar-refractivity contribution in [1.82, 2.24) is 15.1 Å². The zero-order valence-corrected chi connectivity index (χ0v) is 13.3. The number of furan rings is 1. The number of carbonyl (C=O) groups is 1. The molecule has 1 aromatic rings. The Labute approximate surface area is 131 Å². The Hall–Kier alpha value is -2.00. The van der Waals surface area contributed by atoms with E-state index in [1.807, 2.05) is 12.1 Å². The Balaban J connectivity index is 1.91. The minimum absolute atomic E-state index is 0.0724. The van der Waals surface area contributed by atoms with Crippen LogP contribution in [0.2, 0.25) is 0 Å². The topological polar surface area (TPSA) is 72.5 Å². The molecule has 0 radical (unpaired) electrons. The summed E-state index contributed by atoms with van der Waals surface area (Å²) < 4.78 is 5.53. The van der Waals surface area contributed by atoms with Crippen LogP contribution in [0.25, 0.3) is 0 Å². The minimum atomic E-state index is -0.171. The van der Waals surface area contributed by atoms with E-state index in [0.29, 0.717) is 13.1 Å². The zero-order valence-electron chi connectivity index (χ0n) is 13.3. The largest absolute Gasteiger partial charge is 0.468 e. The number of likely N-dealkylation sites (tertiary alicyclic amines) is 1. The fraction of sp³-hybridized carbons (Fsp3) is 0.625. The minimum Gasteiger partial charge on any atom is -0.468 e. The number of carbonyl (C=O) groups excluding carboxylic acids is 1. The molecule has 2 heterocycles. The third kappa shape index (κ3) is 4.25. The molecule has 1 aliphatic heterocycles. The van der Waals surface area contributed by atoms with Crippen LogP contribution in [-0.4, -0.2) is 49.1 Å². The Bertz CT molecular complexity index is 503. The summed E-state index contributed by atoms with van der Waals surface area (Å²) in [6.45, 7) is 4.81. The van der Waals surface area contributed by atoms with Gasteiger partial charge in [0, 0.05) is 20.1 Å². The van der Waals surface area contributed by atoms with Crippen LogP contribution in [0, 0.1) is 17.2 Å². The van der Waals surface area contributed by atoms with Crippen LogP contribution in [0.4, 0.5) is 4.79 Å². The zero-order chi connectivity index (χ0) is 15.9. The van der Waals surface area contributed by atoms with Crippen LogP contribution in [0.3, 0.4) is 0 Å². The number of nitrogens with zero attached hydrogens (tertiary/aromatic N) is 3. The highest BCUT2D eigenvalue weighted by atomic mass is 16.3. The predicted molar refractivity (Wildman–Crippen MR) is 83.1 cm³/mol. The van der Waals surface area contributed by atoms with Crippen molar-refractivity contribution in [1.29, 1.82) is 5.26 Å². The Kier molecular flexibility index (Phi) is 5.84. The molecule has 2 amide bonds. The van der Waals surface area contributed by atoms with Gasteiger partial charge in [-0.15, -0.1) is 0 Å². The molecule has 0 aromatic carbocycles. The molecule has 22 heavy (non-hydrogen) atoms. The standard InChI is InChI=1S/C16H24N4O2/c1-13(10-17)12-19(2)16(21)18-11-14(15-6-5-9-22-15)20-7-3-4-8-20/h5-6,9,13-14H,3-4,7-8,11-12H2,1-2H3,(H,18,21)/t13-,14+/m0/s1. The molecule has 0 saturated carbocycles. The summed E-state index contributed by atoms with van der Waals surface area (Å²) in [5, 5.41) is 11.8. The predicted octanol–water partition coefficient (Wildman–Crippen LogP) is 2.22. The molecule has 2 atom stereocenters. The monoisotopic (exact) mass is 304 g/mol. The third-order valence-corrected chi connectivity index (χ3v) is 4.01. The van der Waals surface area contributed by atoms with Crippen LogP contribution in [0.1, 0.15) is 31.6 Å². The molecule has 1 aromatic heterocycles. The lowest BCUT2D eigenvalue weighted by Gasteiger charge is -2.27. The van der Waals surface area contributed by atoms with E-state index in [1.54, 1.807) is 25.1 Å². The second kappa shape index (κ2) is 7.85. The summed E-state index contributed by atoms with van der Waals surface area (Å²) in [5.74, 6) is 0.713. The molecule has 1 fully saturated rings. The van der Waals surface area contributed by atoms with Crippen LogP contribution in [0.5, 0.6) is 0 Å². The number of nitriles is 1. The summed E-state index contributed by atoms with van der Waals surface area (Å²) in [6, 6.07) is 5.89. The normalized spacial score (nSPS) is 17.7. The molecule has 6 nitrogen and oxygen atoms in total. The highest BCUT2D eigenvalue weighted by Crippen LogP contribution is 2.24. The van der Waals surface area contributed by atoms with Crippen molar-refractivity contribution in [2.75, 3.05) is 33.2 Å². The van der Waals surface area contributed by atoms with E-state index in [0.717, 1.165) is 18.8 Å². The molecular formula is C16H24N4O2. The van der Waals surface area contributed by atoms with Gasteiger partial charge >= 0.3 is 6.03 Å². The van der Waals surface area contributed by atoms with Gasteiger partial charge in [-0.3, -0.25) is 4.90 Å². The van der Waals surface area contributed by atoms with Gasteiger partial charge in [0.15, 0.2) is 0 Å². The van der Waals surface area contributed by atoms with E-state index in [4.69, 9.17) is 9.68 Å². The first kappa shape index (κ1) is 16.4. The van der Waals surface area contributed by atoms with Gasteiger partial charge < -0.3 is 14.6 Å². The maximum absolute atomic E-state index is 12.1. The lowest BCUT2D eigenvalue weighted by Crippen LogP contribution is -2.43. The van der Waals surface area contributed by atoms with E-state index >= 15 is 0 Å². The number of hydrogen-bond donors (Lipinski definition) is 1. The van der Waals surface area contributed by atoms with Crippen LogP contribution in [0.15, 0.2) is 22.8 Å². The van der Waals surface area contributed by atoms with Gasteiger partial charge in [-0.05, 0) is 45.0 Å². The van der Waals surface area contributed by atoms with Crippen LogP contribution >= 0.6 is 0 Å². The Morgan fingerprint density at radius 3 is 2.86 bits per heavy atom. The molecule has 6 heteroatoms. The number of nitrogens with one attached hydrogen (secondary N) is 1. The first-order valence-corrected chi connectivity index (χ1v) is 7.78. The van der Waals surface area contributed by atoms with E-state index in [9.17, 15) is 4.79 Å². The first-order chi connectivity index (χ1) is 10.6. The molecule has 1 N–H and O–H groups in total. The summed E-state index contributed by atoms with van der Waals surface area (Å²) in [4.78, 5) is 16.0. The van der Waals surface area contributed by atoms with Crippen molar-refractivity contribution in [3.63, 3.8) is 0 Å². The van der Waals surface area contributed by atoms with Gasteiger partial charge in [0.2, 0.25) is 0 Å². The molecular weight excluding hydrogens is 280 g/mol. The van der Waals surface area contributed by atoms with Crippen molar-refractivity contribution >= 4 is 6.03 Å². The third-order valence-electron chi connectivity index (χ3n) is 4.01. The summed E-state index contributed by atoms with van der Waals surface area (Å²) in [7, 11) is 1.71. The van der Waals surface area contributed by atoms with Crippen LogP contribution < -0.4 is 5.32 Å². The fourth-order valence-corrected chi connectivity index (χ4v) is 2.80. The van der Waals surface area contributed by atoms with Gasteiger partial charge in [-0.25, -0.2) is 4.79 Å². The van der Waals surface area contributed by atoms with Gasteiger partial charge in [0.1, 0.15) is 5.76 Å². The number of amides is 2. The highest BCUT2D eigenvalue weighted by Gasteiger charge is 2.26. The maximum Gasteiger partial charge on any atom is 0.317 e. The van der Waals surface area contributed by atoms with E-state index in [-0.39, 0.29) is 18.0 Å². The summed E-state index contributed by atoms with van der Waals surface area (Å²) >= 11 is 0. The molecule has 1 aliphatic rings. The Morgan fingerprint density at radius 1 is 1.55 bits per heavy atom. The second-order valence-corrected chi connectivity index (χ2v) is 5.87. The number of urea groups is 1. The van der Waals surface area contributed by atoms with Crippen molar-refractivity contribution in [2.45, 2.75) is 25.8 Å². The molecule has 0 bridgehead atoms. The molecule has 120 valence electrons. The average molecular weight is 304 g/mol. The molecule has 0 spiro atoms. The average Bonchev–Trinajstić information content (AvgIpc) is 3.20. The van der Waals surface area contributed by atoms with E-state index < -0.39 is 0 Å². The van der Waals surface area contributed by atoms with Gasteiger partial charge in [0.25, 0.3) is 0 Å². The number of rotatable bonds is 6. The smallest absolute Gasteiger partial charge is 0.317 e. The lowest BCUT2D eigenvalue weighted by molar-refractivity contribution is 0.186. The summed E-state index contributed by atoms with van der Waals surface area (Å²) in [6.07, 6.45) is 4.04. The van der Waals surface area contributed by atoms with Gasteiger partial charge in [0.05, 0.1) is 24.3 Å². The lowest BCUT2D eigenvalue weighted by atomic mass is 10.2. The first-order valence-electron chi connectivity index (χ1n) is 7.78. The van der Waals surface area contributed by atoms with Crippen molar-refractivity contribution < 1.29 is 9.21 Å². The van der Waals surface area contributed by atoms with Crippen LogP contribution in [-0.2, 0) is 0 Å².